The quantitative estimate of drug-likeness (QED) is 0.920. The van der Waals surface area contributed by atoms with E-state index in [4.69, 9.17) is 4.74 Å². The topological polar surface area (TPSA) is 24.5 Å². The minimum atomic E-state index is 0.269. The predicted octanol–water partition coefficient (Wildman–Crippen LogP) is 3.30. The number of anilines is 1. The zero-order valence-electron chi connectivity index (χ0n) is 13.7. The number of hydrogen-bond acceptors (Lipinski definition) is 3. The molecular weight excluding hydrogens is 260 g/mol. The molecule has 1 saturated heterocycles. The zero-order chi connectivity index (χ0) is 15.0. The molecule has 2 aliphatic rings. The van der Waals surface area contributed by atoms with Crippen LogP contribution in [0.3, 0.4) is 0 Å². The fourth-order valence-corrected chi connectivity index (χ4v) is 3.62. The molecule has 2 atom stereocenters. The third kappa shape index (κ3) is 2.89. The lowest BCUT2D eigenvalue weighted by atomic mass is 9.87. The van der Waals surface area contributed by atoms with Crippen molar-refractivity contribution in [2.45, 2.75) is 45.2 Å². The molecule has 1 aliphatic heterocycles. The minimum absolute atomic E-state index is 0.269. The van der Waals surface area contributed by atoms with Crippen molar-refractivity contribution in [1.29, 1.82) is 0 Å². The van der Waals surface area contributed by atoms with Gasteiger partial charge in [-0.25, -0.2) is 0 Å². The van der Waals surface area contributed by atoms with E-state index < -0.39 is 0 Å². The van der Waals surface area contributed by atoms with Crippen LogP contribution in [0.2, 0.25) is 0 Å². The first-order valence-electron chi connectivity index (χ1n) is 8.19. The number of ether oxygens (including phenoxy) is 1. The van der Waals surface area contributed by atoms with E-state index in [0.29, 0.717) is 12.0 Å². The van der Waals surface area contributed by atoms with Crippen LogP contribution in [0, 0.1) is 11.8 Å². The van der Waals surface area contributed by atoms with Crippen molar-refractivity contribution in [1.82, 2.24) is 5.32 Å². The Hall–Kier alpha value is -1.22. The van der Waals surface area contributed by atoms with Gasteiger partial charge < -0.3 is 15.0 Å². The number of benzene rings is 1. The maximum absolute atomic E-state index is 5.29. The Morgan fingerprint density at radius 2 is 1.90 bits per heavy atom. The number of nitrogens with zero attached hydrogens (tertiary/aromatic N) is 1. The lowest BCUT2D eigenvalue weighted by molar-refractivity contribution is 0.233. The van der Waals surface area contributed by atoms with E-state index in [1.54, 1.807) is 7.11 Å². The second kappa shape index (κ2) is 5.53. The summed E-state index contributed by atoms with van der Waals surface area (Å²) in [6.07, 6.45) is 2.76. The largest absolute Gasteiger partial charge is 0.497 e. The van der Waals surface area contributed by atoms with Crippen LogP contribution in [0.15, 0.2) is 24.3 Å². The number of piperazine rings is 1. The van der Waals surface area contributed by atoms with Gasteiger partial charge in [-0.05, 0) is 55.9 Å². The molecule has 3 rings (SSSR count). The first kappa shape index (κ1) is 14.7. The summed E-state index contributed by atoms with van der Waals surface area (Å²) in [6, 6.07) is 9.11. The van der Waals surface area contributed by atoms with Crippen molar-refractivity contribution in [3.05, 3.63) is 24.3 Å². The average molecular weight is 288 g/mol. The second-order valence-electron chi connectivity index (χ2n) is 7.21. The molecule has 1 aliphatic carbocycles. The second-order valence-corrected chi connectivity index (χ2v) is 7.21. The van der Waals surface area contributed by atoms with E-state index in [2.05, 4.69) is 55.3 Å². The summed E-state index contributed by atoms with van der Waals surface area (Å²) in [5, 5.41) is 3.84. The molecule has 1 heterocycles. The summed E-state index contributed by atoms with van der Waals surface area (Å²) >= 11 is 0. The summed E-state index contributed by atoms with van der Waals surface area (Å²) in [5.74, 6) is 2.43. The molecule has 1 saturated carbocycles. The van der Waals surface area contributed by atoms with Gasteiger partial charge in [0, 0.05) is 30.4 Å². The molecule has 2 fully saturated rings. The molecule has 1 aromatic carbocycles. The van der Waals surface area contributed by atoms with Crippen molar-refractivity contribution in [2.75, 3.05) is 25.1 Å². The van der Waals surface area contributed by atoms with Crippen molar-refractivity contribution >= 4 is 5.69 Å². The first-order valence-corrected chi connectivity index (χ1v) is 8.19. The Balaban J connectivity index is 1.85. The van der Waals surface area contributed by atoms with Crippen LogP contribution >= 0.6 is 0 Å². The zero-order valence-corrected chi connectivity index (χ0v) is 13.7. The molecule has 2 unspecified atom stereocenters. The normalized spacial score (nSPS) is 29.8. The molecule has 1 aromatic rings. The van der Waals surface area contributed by atoms with Gasteiger partial charge in [-0.15, -0.1) is 0 Å². The van der Waals surface area contributed by atoms with Gasteiger partial charge in [0.2, 0.25) is 0 Å². The molecule has 0 radical (unpaired) electrons. The summed E-state index contributed by atoms with van der Waals surface area (Å²) in [7, 11) is 1.72. The van der Waals surface area contributed by atoms with Crippen molar-refractivity contribution in [3.8, 4) is 5.75 Å². The number of rotatable bonds is 4. The summed E-state index contributed by atoms with van der Waals surface area (Å²) in [5.41, 5.74) is 1.59. The molecule has 0 bridgehead atoms. The van der Waals surface area contributed by atoms with E-state index in [9.17, 15) is 0 Å². The van der Waals surface area contributed by atoms with Crippen molar-refractivity contribution < 1.29 is 4.74 Å². The van der Waals surface area contributed by atoms with Gasteiger partial charge in [0.25, 0.3) is 0 Å². The van der Waals surface area contributed by atoms with E-state index in [-0.39, 0.29) is 5.54 Å². The lowest BCUT2D eigenvalue weighted by Crippen LogP contribution is -2.65. The first-order chi connectivity index (χ1) is 10.0. The Bertz CT molecular complexity index is 480. The molecule has 116 valence electrons. The Kier molecular flexibility index (Phi) is 3.87. The van der Waals surface area contributed by atoms with Crippen LogP contribution in [-0.4, -0.2) is 31.8 Å². The predicted molar refractivity (Wildman–Crippen MR) is 88.1 cm³/mol. The smallest absolute Gasteiger partial charge is 0.119 e. The fourth-order valence-electron chi connectivity index (χ4n) is 3.62. The highest BCUT2D eigenvalue weighted by Crippen LogP contribution is 2.42. The third-order valence-corrected chi connectivity index (χ3v) is 5.27. The van der Waals surface area contributed by atoms with Gasteiger partial charge >= 0.3 is 0 Å². The minimum Gasteiger partial charge on any atom is -0.497 e. The van der Waals surface area contributed by atoms with Crippen molar-refractivity contribution in [3.63, 3.8) is 0 Å². The summed E-state index contributed by atoms with van der Waals surface area (Å²) in [6.45, 7) is 9.23. The molecule has 3 nitrogen and oxygen atoms in total. The maximum atomic E-state index is 5.29. The van der Waals surface area contributed by atoms with Crippen LogP contribution in [0.4, 0.5) is 5.69 Å². The van der Waals surface area contributed by atoms with Gasteiger partial charge in [0.15, 0.2) is 0 Å². The van der Waals surface area contributed by atoms with Crippen LogP contribution < -0.4 is 15.0 Å². The monoisotopic (exact) mass is 288 g/mol. The number of nitrogens with one attached hydrogen (secondary N) is 1. The van der Waals surface area contributed by atoms with Crippen LogP contribution in [-0.2, 0) is 0 Å². The van der Waals surface area contributed by atoms with Gasteiger partial charge in [-0.1, -0.05) is 13.8 Å². The highest BCUT2D eigenvalue weighted by atomic mass is 16.5. The third-order valence-electron chi connectivity index (χ3n) is 5.27. The van der Waals surface area contributed by atoms with Crippen LogP contribution in [0.5, 0.6) is 5.75 Å². The van der Waals surface area contributed by atoms with E-state index in [0.717, 1.165) is 24.8 Å². The van der Waals surface area contributed by atoms with Crippen LogP contribution in [0.25, 0.3) is 0 Å². The standard InChI is InChI=1S/C18H28N2O/c1-13(2)17-11-19-18(3,14-5-6-14)12-20(17)15-7-9-16(21-4)10-8-15/h7-10,13-14,17,19H,5-6,11-12H2,1-4H3. The Labute approximate surface area is 128 Å². The molecular formula is C18H28N2O. The Morgan fingerprint density at radius 3 is 2.43 bits per heavy atom. The number of hydrogen-bond donors (Lipinski definition) is 1. The molecule has 3 heteroatoms. The van der Waals surface area contributed by atoms with Gasteiger partial charge in [0.05, 0.1) is 7.11 Å². The molecule has 21 heavy (non-hydrogen) atoms. The highest BCUT2D eigenvalue weighted by Gasteiger charge is 2.46. The molecule has 1 N–H and O–H groups in total. The van der Waals surface area contributed by atoms with Gasteiger partial charge in [-0.3, -0.25) is 0 Å². The van der Waals surface area contributed by atoms with Gasteiger partial charge in [-0.2, -0.15) is 0 Å². The SMILES string of the molecule is COc1ccc(N2CC(C)(C3CC3)NCC2C(C)C)cc1. The number of methoxy groups -OCH3 is 1. The van der Waals surface area contributed by atoms with Gasteiger partial charge in [0.1, 0.15) is 5.75 Å². The average Bonchev–Trinajstić information content (AvgIpc) is 3.32. The lowest BCUT2D eigenvalue weighted by Gasteiger charge is -2.49. The maximum Gasteiger partial charge on any atom is 0.119 e. The molecule has 0 aromatic heterocycles. The van der Waals surface area contributed by atoms with E-state index in [1.165, 1.54) is 18.5 Å². The molecule has 0 amide bonds. The summed E-state index contributed by atoms with van der Waals surface area (Å²) < 4.78 is 5.29. The summed E-state index contributed by atoms with van der Waals surface area (Å²) in [4.78, 5) is 2.61. The van der Waals surface area contributed by atoms with Crippen LogP contribution in [0.1, 0.15) is 33.6 Å². The van der Waals surface area contributed by atoms with E-state index >= 15 is 0 Å². The van der Waals surface area contributed by atoms with E-state index in [1.807, 2.05) is 0 Å². The fraction of sp³-hybridized carbons (Fsp3) is 0.667. The Morgan fingerprint density at radius 1 is 1.24 bits per heavy atom. The highest BCUT2D eigenvalue weighted by molar-refractivity contribution is 5.51. The van der Waals surface area contributed by atoms with Crippen molar-refractivity contribution in [2.24, 2.45) is 11.8 Å². The molecule has 0 spiro atoms.